The average Bonchev–Trinajstić information content (AvgIpc) is 3.06. The number of aromatic nitrogens is 2. The van der Waals surface area contributed by atoms with Gasteiger partial charge in [-0.15, -0.1) is 0 Å². The second-order valence-corrected chi connectivity index (χ2v) is 7.15. The zero-order chi connectivity index (χ0) is 19.4. The van der Waals surface area contributed by atoms with Gasteiger partial charge in [-0.1, -0.05) is 18.2 Å². The van der Waals surface area contributed by atoms with Gasteiger partial charge in [0, 0.05) is 38.1 Å². The van der Waals surface area contributed by atoms with E-state index in [9.17, 15) is 9.59 Å². The van der Waals surface area contributed by atoms with Crippen LogP contribution in [-0.2, 0) is 4.79 Å². The third-order valence-electron chi connectivity index (χ3n) is 5.62. The van der Waals surface area contributed by atoms with Crippen LogP contribution >= 0.6 is 0 Å². The zero-order valence-electron chi connectivity index (χ0n) is 15.7. The Balaban J connectivity index is 1.31. The number of piperidine rings is 1. The van der Waals surface area contributed by atoms with Gasteiger partial charge in [0.2, 0.25) is 5.91 Å². The van der Waals surface area contributed by atoms with Gasteiger partial charge in [0.1, 0.15) is 17.6 Å². The van der Waals surface area contributed by atoms with Crippen LogP contribution in [0.5, 0.6) is 0 Å². The minimum Gasteiger partial charge on any atom is -0.349 e. The molecule has 28 heavy (non-hydrogen) atoms. The predicted octanol–water partition coefficient (Wildman–Crippen LogP) is 0.635. The van der Waals surface area contributed by atoms with Gasteiger partial charge in [-0.3, -0.25) is 9.59 Å². The van der Waals surface area contributed by atoms with Gasteiger partial charge >= 0.3 is 0 Å². The van der Waals surface area contributed by atoms with Gasteiger partial charge in [-0.05, 0) is 31.0 Å². The Morgan fingerprint density at radius 3 is 2.68 bits per heavy atom. The normalized spacial score (nSPS) is 18.9. The summed E-state index contributed by atoms with van der Waals surface area (Å²) in [6.45, 7) is 3.49. The van der Waals surface area contributed by atoms with E-state index in [4.69, 9.17) is 0 Å². The number of benzene rings is 1. The first-order chi connectivity index (χ1) is 13.7. The fraction of sp³-hybridized carbons (Fsp3) is 0.400. The Hall–Kier alpha value is -3.00. The number of amides is 2. The number of nitrogens with one attached hydrogen (secondary N) is 2. The molecular weight excluding hydrogens is 356 g/mol. The summed E-state index contributed by atoms with van der Waals surface area (Å²) in [5.74, 6) is -0.0747. The molecule has 0 atom stereocenters. The van der Waals surface area contributed by atoms with Crippen LogP contribution in [0.25, 0.3) is 0 Å². The van der Waals surface area contributed by atoms with Gasteiger partial charge in [0.15, 0.2) is 0 Å². The minimum absolute atomic E-state index is 0.119. The van der Waals surface area contributed by atoms with E-state index in [1.165, 1.54) is 6.33 Å². The fourth-order valence-electron chi connectivity index (χ4n) is 4.02. The lowest BCUT2D eigenvalue weighted by Gasteiger charge is -2.43. The standard InChI is InChI=1S/C20H24N6O2/c27-18(17-6-9-21-14-23-17)22-10-13-25-11-7-20(8-12-25)19(28)24-15-26(20)16-4-2-1-3-5-16/h1-6,9,14H,7-8,10-13,15H2,(H,22,27)(H,24,28). The molecule has 0 aliphatic carbocycles. The molecular formula is C20H24N6O2. The summed E-state index contributed by atoms with van der Waals surface area (Å²) in [4.78, 5) is 37.0. The van der Waals surface area contributed by atoms with Crippen LogP contribution in [-0.4, -0.2) is 65.1 Å². The van der Waals surface area contributed by atoms with Gasteiger partial charge in [0.05, 0.1) is 6.67 Å². The molecule has 2 aliphatic rings. The molecule has 8 heteroatoms. The maximum Gasteiger partial charge on any atom is 0.270 e. The second-order valence-electron chi connectivity index (χ2n) is 7.15. The largest absolute Gasteiger partial charge is 0.349 e. The van der Waals surface area contributed by atoms with E-state index < -0.39 is 5.54 Å². The molecule has 2 fully saturated rings. The van der Waals surface area contributed by atoms with E-state index >= 15 is 0 Å². The van der Waals surface area contributed by atoms with Crippen LogP contribution < -0.4 is 15.5 Å². The van der Waals surface area contributed by atoms with Crippen molar-refractivity contribution in [2.24, 2.45) is 0 Å². The molecule has 1 spiro atoms. The molecule has 2 aliphatic heterocycles. The van der Waals surface area contributed by atoms with Gasteiger partial charge in [-0.25, -0.2) is 9.97 Å². The zero-order valence-corrected chi connectivity index (χ0v) is 15.7. The molecule has 2 amide bonds. The van der Waals surface area contributed by atoms with Crippen molar-refractivity contribution in [1.29, 1.82) is 0 Å². The highest BCUT2D eigenvalue weighted by molar-refractivity contribution is 5.93. The quantitative estimate of drug-likeness (QED) is 0.791. The van der Waals surface area contributed by atoms with Crippen molar-refractivity contribution < 1.29 is 9.59 Å². The maximum absolute atomic E-state index is 12.7. The molecule has 0 radical (unpaired) electrons. The maximum atomic E-state index is 12.7. The molecule has 2 N–H and O–H groups in total. The minimum atomic E-state index is -0.470. The Morgan fingerprint density at radius 2 is 1.96 bits per heavy atom. The molecule has 2 aromatic rings. The van der Waals surface area contributed by atoms with Crippen LogP contribution in [0.4, 0.5) is 5.69 Å². The lowest BCUT2D eigenvalue weighted by molar-refractivity contribution is -0.125. The Morgan fingerprint density at radius 1 is 1.18 bits per heavy atom. The Bertz CT molecular complexity index is 821. The number of para-hydroxylation sites is 1. The number of hydrogen-bond acceptors (Lipinski definition) is 6. The summed E-state index contributed by atoms with van der Waals surface area (Å²) in [6, 6.07) is 11.7. The van der Waals surface area contributed by atoms with E-state index in [-0.39, 0.29) is 11.8 Å². The van der Waals surface area contributed by atoms with Crippen LogP contribution in [0.1, 0.15) is 23.3 Å². The number of anilines is 1. The van der Waals surface area contributed by atoms with Crippen LogP contribution in [0.2, 0.25) is 0 Å². The van der Waals surface area contributed by atoms with E-state index in [2.05, 4.69) is 42.5 Å². The Kier molecular flexibility index (Phi) is 5.21. The average molecular weight is 380 g/mol. The van der Waals surface area contributed by atoms with Crippen LogP contribution in [0, 0.1) is 0 Å². The van der Waals surface area contributed by atoms with Crippen molar-refractivity contribution in [2.45, 2.75) is 18.4 Å². The van der Waals surface area contributed by atoms with Gasteiger partial charge < -0.3 is 20.4 Å². The van der Waals surface area contributed by atoms with E-state index in [1.807, 2.05) is 18.2 Å². The highest BCUT2D eigenvalue weighted by atomic mass is 16.2. The monoisotopic (exact) mass is 380 g/mol. The fourth-order valence-corrected chi connectivity index (χ4v) is 4.02. The summed E-state index contributed by atoms with van der Waals surface area (Å²) < 4.78 is 0. The first-order valence-corrected chi connectivity index (χ1v) is 9.57. The van der Waals surface area contributed by atoms with Crippen molar-refractivity contribution in [3.8, 4) is 0 Å². The third kappa shape index (κ3) is 3.55. The number of nitrogens with zero attached hydrogens (tertiary/aromatic N) is 4. The molecule has 0 saturated carbocycles. The first kappa shape index (κ1) is 18.4. The van der Waals surface area contributed by atoms with Crippen molar-refractivity contribution in [2.75, 3.05) is 37.7 Å². The molecule has 1 aromatic carbocycles. The van der Waals surface area contributed by atoms with Crippen LogP contribution in [0.15, 0.2) is 48.9 Å². The van der Waals surface area contributed by atoms with Gasteiger partial charge in [0.25, 0.3) is 5.91 Å². The van der Waals surface area contributed by atoms with E-state index in [1.54, 1.807) is 12.3 Å². The third-order valence-corrected chi connectivity index (χ3v) is 5.62. The van der Waals surface area contributed by atoms with E-state index in [0.717, 1.165) is 38.2 Å². The highest BCUT2D eigenvalue weighted by Crippen LogP contribution is 2.35. The number of hydrogen-bond donors (Lipinski definition) is 2. The number of rotatable bonds is 5. The molecule has 146 valence electrons. The molecule has 8 nitrogen and oxygen atoms in total. The van der Waals surface area contributed by atoms with Gasteiger partial charge in [-0.2, -0.15) is 0 Å². The molecule has 0 bridgehead atoms. The molecule has 4 rings (SSSR count). The highest BCUT2D eigenvalue weighted by Gasteiger charge is 2.50. The summed E-state index contributed by atoms with van der Waals surface area (Å²) in [6.07, 6.45) is 4.46. The number of carbonyl (C=O) groups is 2. The SMILES string of the molecule is O=C(NCCN1CCC2(CC1)C(=O)NCN2c1ccccc1)c1ccncn1. The topological polar surface area (TPSA) is 90.5 Å². The Labute approximate surface area is 164 Å². The summed E-state index contributed by atoms with van der Waals surface area (Å²) in [5, 5.41) is 5.91. The number of likely N-dealkylation sites (tertiary alicyclic amines) is 1. The lowest BCUT2D eigenvalue weighted by Crippen LogP contribution is -2.57. The van der Waals surface area contributed by atoms with Crippen LogP contribution in [0.3, 0.4) is 0 Å². The second kappa shape index (κ2) is 7.93. The van der Waals surface area contributed by atoms with Crippen molar-refractivity contribution >= 4 is 17.5 Å². The number of carbonyl (C=O) groups excluding carboxylic acids is 2. The molecule has 3 heterocycles. The smallest absolute Gasteiger partial charge is 0.270 e. The van der Waals surface area contributed by atoms with Crippen molar-refractivity contribution in [1.82, 2.24) is 25.5 Å². The van der Waals surface area contributed by atoms with E-state index in [0.29, 0.717) is 18.9 Å². The van der Waals surface area contributed by atoms with Crippen molar-refractivity contribution in [3.63, 3.8) is 0 Å². The summed E-state index contributed by atoms with van der Waals surface area (Å²) in [5.41, 5.74) is 0.974. The van der Waals surface area contributed by atoms with Crippen molar-refractivity contribution in [3.05, 3.63) is 54.6 Å². The predicted molar refractivity (Wildman–Crippen MR) is 105 cm³/mol. The molecule has 2 saturated heterocycles. The summed E-state index contributed by atoms with van der Waals surface area (Å²) >= 11 is 0. The molecule has 0 unspecified atom stereocenters. The molecule has 1 aromatic heterocycles. The lowest BCUT2D eigenvalue weighted by atomic mass is 9.85. The summed E-state index contributed by atoms with van der Waals surface area (Å²) in [7, 11) is 0. The first-order valence-electron chi connectivity index (χ1n) is 9.57.